The van der Waals surface area contributed by atoms with Crippen molar-refractivity contribution in [3.63, 3.8) is 0 Å². The summed E-state index contributed by atoms with van der Waals surface area (Å²) in [6, 6.07) is 15.6. The van der Waals surface area contributed by atoms with Gasteiger partial charge in [-0.15, -0.1) is 0 Å². The van der Waals surface area contributed by atoms with Crippen LogP contribution in [0.2, 0.25) is 0 Å². The molecule has 26 heavy (non-hydrogen) atoms. The second-order valence-corrected chi connectivity index (χ2v) is 8.92. The van der Waals surface area contributed by atoms with E-state index in [9.17, 15) is 8.42 Å². The maximum Gasteiger partial charge on any atom is 0.218 e. The van der Waals surface area contributed by atoms with E-state index in [4.69, 9.17) is 0 Å². The van der Waals surface area contributed by atoms with Gasteiger partial charge in [-0.2, -0.15) is 0 Å². The molecule has 1 aromatic carbocycles. The van der Waals surface area contributed by atoms with Crippen molar-refractivity contribution in [1.82, 2.24) is 14.2 Å². The first kappa shape index (κ1) is 19.0. The number of pyridine rings is 1. The summed E-state index contributed by atoms with van der Waals surface area (Å²) in [5.41, 5.74) is 1.92. The zero-order chi connectivity index (χ0) is 18.4. The molecule has 2 aromatic rings. The van der Waals surface area contributed by atoms with Crippen LogP contribution < -0.4 is 0 Å². The summed E-state index contributed by atoms with van der Waals surface area (Å²) in [5, 5.41) is 0. The Hall–Kier alpha value is -1.76. The summed E-state index contributed by atoms with van der Waals surface area (Å²) < 4.78 is 27.3. The summed E-state index contributed by atoms with van der Waals surface area (Å²) in [4.78, 5) is 6.64. The molecule has 0 saturated carbocycles. The van der Waals surface area contributed by atoms with Crippen molar-refractivity contribution < 1.29 is 8.42 Å². The van der Waals surface area contributed by atoms with Crippen LogP contribution in [0.15, 0.2) is 54.7 Å². The zero-order valence-electron chi connectivity index (χ0n) is 15.3. The molecule has 0 spiro atoms. The van der Waals surface area contributed by atoms with Crippen LogP contribution in [-0.4, -0.2) is 55.3 Å². The van der Waals surface area contributed by atoms with Crippen LogP contribution in [0.5, 0.6) is 0 Å². The van der Waals surface area contributed by atoms with Gasteiger partial charge < -0.3 is 4.90 Å². The third-order valence-corrected chi connectivity index (χ3v) is 6.83. The van der Waals surface area contributed by atoms with Gasteiger partial charge in [0.2, 0.25) is 10.0 Å². The van der Waals surface area contributed by atoms with Crippen molar-refractivity contribution in [2.45, 2.75) is 31.1 Å². The Labute approximate surface area is 156 Å². The highest BCUT2D eigenvalue weighted by Crippen LogP contribution is 2.20. The molecule has 140 valence electrons. The van der Waals surface area contributed by atoms with E-state index in [0.717, 1.165) is 37.1 Å². The molecule has 0 aliphatic carbocycles. The maximum atomic E-state index is 12.8. The lowest BCUT2D eigenvalue weighted by atomic mass is 10.1. The van der Waals surface area contributed by atoms with Gasteiger partial charge in [-0.25, -0.2) is 12.7 Å². The molecular weight excluding hydrogens is 346 g/mol. The molecular formula is C20H27N3O2S. The van der Waals surface area contributed by atoms with Gasteiger partial charge in [-0.3, -0.25) is 4.98 Å². The quantitative estimate of drug-likeness (QED) is 0.748. The SMILES string of the molecule is CN(CCc1ccccn1)C1CCCN(S(=O)(=O)Cc2ccccc2)C1. The molecule has 1 aliphatic rings. The fraction of sp³-hybridized carbons (Fsp3) is 0.450. The van der Waals surface area contributed by atoms with Crippen LogP contribution in [0, 0.1) is 0 Å². The molecule has 3 rings (SSSR count). The molecule has 0 bridgehead atoms. The summed E-state index contributed by atoms with van der Waals surface area (Å²) in [6.07, 6.45) is 4.64. The van der Waals surface area contributed by atoms with Crippen molar-refractivity contribution in [2.75, 3.05) is 26.7 Å². The average Bonchev–Trinajstić information content (AvgIpc) is 2.67. The third-order valence-electron chi connectivity index (χ3n) is 5.01. The standard InChI is InChI=1S/C20H27N3O2S/c1-22(15-12-19-10-5-6-13-21-19)20-11-7-14-23(16-20)26(24,25)17-18-8-3-2-4-9-18/h2-6,8-10,13,20H,7,11-12,14-17H2,1H3. The molecule has 1 fully saturated rings. The van der Waals surface area contributed by atoms with Crippen molar-refractivity contribution in [2.24, 2.45) is 0 Å². The van der Waals surface area contributed by atoms with Gasteiger partial charge in [0, 0.05) is 44.0 Å². The number of sulfonamides is 1. The van der Waals surface area contributed by atoms with Gasteiger partial charge in [-0.05, 0) is 37.6 Å². The lowest BCUT2D eigenvalue weighted by Gasteiger charge is -2.37. The molecule has 1 aromatic heterocycles. The van der Waals surface area contributed by atoms with Crippen LogP contribution in [0.4, 0.5) is 0 Å². The number of hydrogen-bond acceptors (Lipinski definition) is 4. The lowest BCUT2D eigenvalue weighted by molar-refractivity contribution is 0.164. The number of piperidine rings is 1. The minimum absolute atomic E-state index is 0.0816. The van der Waals surface area contributed by atoms with E-state index >= 15 is 0 Å². The summed E-state index contributed by atoms with van der Waals surface area (Å²) in [7, 11) is -1.19. The van der Waals surface area contributed by atoms with Gasteiger partial charge in [0.15, 0.2) is 0 Å². The van der Waals surface area contributed by atoms with E-state index in [2.05, 4.69) is 16.9 Å². The zero-order valence-corrected chi connectivity index (χ0v) is 16.1. The normalized spacial score (nSPS) is 18.9. The minimum Gasteiger partial charge on any atom is -0.302 e. The van der Waals surface area contributed by atoms with Crippen LogP contribution in [0.1, 0.15) is 24.1 Å². The Morgan fingerprint density at radius 1 is 1.15 bits per heavy atom. The summed E-state index contributed by atoms with van der Waals surface area (Å²) in [6.45, 7) is 2.09. The van der Waals surface area contributed by atoms with Gasteiger partial charge in [0.25, 0.3) is 0 Å². The second kappa shape index (κ2) is 8.75. The summed E-state index contributed by atoms with van der Waals surface area (Å²) in [5.74, 6) is 0.0816. The Morgan fingerprint density at radius 2 is 1.92 bits per heavy atom. The second-order valence-electron chi connectivity index (χ2n) is 6.95. The molecule has 0 N–H and O–H groups in total. The van der Waals surface area contributed by atoms with Crippen LogP contribution >= 0.6 is 0 Å². The summed E-state index contributed by atoms with van der Waals surface area (Å²) >= 11 is 0. The fourth-order valence-corrected chi connectivity index (χ4v) is 5.03. The molecule has 1 aliphatic heterocycles. The predicted molar refractivity (Wildman–Crippen MR) is 104 cm³/mol. The predicted octanol–water partition coefficient (Wildman–Crippen LogP) is 2.55. The molecule has 5 nitrogen and oxygen atoms in total. The maximum absolute atomic E-state index is 12.8. The van der Waals surface area contributed by atoms with Crippen LogP contribution in [0.3, 0.4) is 0 Å². The van der Waals surface area contributed by atoms with E-state index in [1.165, 1.54) is 0 Å². The van der Waals surface area contributed by atoms with E-state index < -0.39 is 10.0 Å². The molecule has 1 atom stereocenters. The van der Waals surface area contributed by atoms with Crippen LogP contribution in [0.25, 0.3) is 0 Å². The smallest absolute Gasteiger partial charge is 0.218 e. The molecule has 1 saturated heterocycles. The van der Waals surface area contributed by atoms with Crippen molar-refractivity contribution in [3.05, 3.63) is 66.0 Å². The highest BCUT2D eigenvalue weighted by atomic mass is 32.2. The molecule has 0 amide bonds. The minimum atomic E-state index is -3.28. The molecule has 6 heteroatoms. The topological polar surface area (TPSA) is 53.5 Å². The monoisotopic (exact) mass is 373 g/mol. The molecule has 2 heterocycles. The largest absolute Gasteiger partial charge is 0.302 e. The van der Waals surface area contributed by atoms with Gasteiger partial charge in [0.05, 0.1) is 5.75 Å². The number of nitrogens with zero attached hydrogens (tertiary/aromatic N) is 3. The van der Waals surface area contributed by atoms with Gasteiger partial charge >= 0.3 is 0 Å². The Morgan fingerprint density at radius 3 is 2.65 bits per heavy atom. The van der Waals surface area contributed by atoms with Crippen LogP contribution in [-0.2, 0) is 22.2 Å². The van der Waals surface area contributed by atoms with Gasteiger partial charge in [0.1, 0.15) is 0 Å². The highest BCUT2D eigenvalue weighted by Gasteiger charge is 2.30. The average molecular weight is 374 g/mol. The Bertz CT molecular complexity index is 781. The van der Waals surface area contributed by atoms with E-state index in [0.29, 0.717) is 13.1 Å². The Kier molecular flexibility index (Phi) is 6.40. The van der Waals surface area contributed by atoms with Gasteiger partial charge in [-0.1, -0.05) is 36.4 Å². The number of benzene rings is 1. The first-order valence-corrected chi connectivity index (χ1v) is 10.8. The van der Waals surface area contributed by atoms with E-state index in [1.54, 1.807) is 4.31 Å². The lowest BCUT2D eigenvalue weighted by Crippen LogP contribution is -2.49. The Balaban J connectivity index is 1.57. The molecule has 0 radical (unpaired) electrons. The van der Waals surface area contributed by atoms with Crippen molar-refractivity contribution >= 4 is 10.0 Å². The highest BCUT2D eigenvalue weighted by molar-refractivity contribution is 7.88. The number of aromatic nitrogens is 1. The molecule has 1 unspecified atom stereocenters. The van der Waals surface area contributed by atoms with E-state index in [1.807, 2.05) is 54.7 Å². The number of likely N-dealkylation sites (N-methyl/N-ethyl adjacent to an activating group) is 1. The van der Waals surface area contributed by atoms with Crippen molar-refractivity contribution in [3.8, 4) is 0 Å². The number of rotatable bonds is 7. The van der Waals surface area contributed by atoms with Crippen molar-refractivity contribution in [1.29, 1.82) is 0 Å². The third kappa shape index (κ3) is 5.13. The van der Waals surface area contributed by atoms with E-state index in [-0.39, 0.29) is 11.8 Å². The fourth-order valence-electron chi connectivity index (χ4n) is 3.43. The first-order valence-electron chi connectivity index (χ1n) is 9.16. The number of hydrogen-bond donors (Lipinski definition) is 0. The first-order chi connectivity index (χ1) is 12.5.